The van der Waals surface area contributed by atoms with Crippen molar-refractivity contribution in [3.05, 3.63) is 42.1 Å². The lowest BCUT2D eigenvalue weighted by Gasteiger charge is -2.48. The van der Waals surface area contributed by atoms with Crippen molar-refractivity contribution in [1.82, 2.24) is 19.7 Å². The highest BCUT2D eigenvalue weighted by molar-refractivity contribution is 6.00. The van der Waals surface area contributed by atoms with Crippen LogP contribution in [0.3, 0.4) is 0 Å². The fraction of sp³-hybridized carbons (Fsp3) is 0.698. The Morgan fingerprint density at radius 3 is 2.33 bits per heavy atom. The number of para-hydroxylation sites is 1. The van der Waals surface area contributed by atoms with Crippen LogP contribution >= 0.6 is 0 Å². The summed E-state index contributed by atoms with van der Waals surface area (Å²) in [5.74, 6) is -5.51. The third kappa shape index (κ3) is 8.23. The number of fused-ring (bicyclic) bond motifs is 2. The highest BCUT2D eigenvalue weighted by Gasteiger charge is 2.62. The van der Waals surface area contributed by atoms with Crippen LogP contribution in [-0.2, 0) is 39.9 Å². The molecule has 13 atom stereocenters. The third-order valence-corrected chi connectivity index (χ3v) is 13.1. The van der Waals surface area contributed by atoms with Crippen molar-refractivity contribution in [1.29, 1.82) is 0 Å². The first-order valence-corrected chi connectivity index (χ1v) is 20.5. The summed E-state index contributed by atoms with van der Waals surface area (Å²) in [7, 11) is 3.69. The number of likely N-dealkylation sites (tertiary alicyclic amines) is 1. The van der Waals surface area contributed by atoms with Crippen LogP contribution in [-0.4, -0.2) is 141 Å². The van der Waals surface area contributed by atoms with Crippen LogP contribution in [0.1, 0.15) is 80.2 Å². The molecule has 0 radical (unpaired) electrons. The Morgan fingerprint density at radius 2 is 1.67 bits per heavy atom. The number of ether oxygens (including phenoxy) is 4. The molecular formula is C43H62N4O10. The van der Waals surface area contributed by atoms with Crippen LogP contribution in [0, 0.1) is 23.7 Å². The molecule has 1 aromatic carbocycles. The first-order valence-electron chi connectivity index (χ1n) is 20.5. The minimum atomic E-state index is -1.81. The number of hydrogen-bond acceptors (Lipinski definition) is 13. The summed E-state index contributed by atoms with van der Waals surface area (Å²) in [6, 6.07) is 8.53. The topological polar surface area (TPSA) is 168 Å². The van der Waals surface area contributed by atoms with Crippen LogP contribution in [0.4, 0.5) is 4.79 Å². The van der Waals surface area contributed by atoms with Crippen molar-refractivity contribution in [2.75, 3.05) is 27.2 Å². The van der Waals surface area contributed by atoms with Crippen LogP contribution in [0.15, 0.2) is 36.5 Å². The Hall–Kier alpha value is -3.53. The summed E-state index contributed by atoms with van der Waals surface area (Å²) < 4.78 is 24.8. The maximum atomic E-state index is 14.7. The van der Waals surface area contributed by atoms with Crippen molar-refractivity contribution in [2.45, 2.75) is 141 Å². The van der Waals surface area contributed by atoms with Crippen LogP contribution in [0.5, 0.6) is 0 Å². The molecule has 5 heterocycles. The summed E-state index contributed by atoms with van der Waals surface area (Å²) >= 11 is 0. The third-order valence-electron chi connectivity index (χ3n) is 13.1. The number of carbonyl (C=O) groups is 4. The first-order chi connectivity index (χ1) is 26.8. The molecule has 0 unspecified atom stereocenters. The number of benzene rings is 1. The average Bonchev–Trinajstić information content (AvgIpc) is 3.42. The van der Waals surface area contributed by atoms with Gasteiger partial charge in [0.25, 0.3) is 0 Å². The first kappa shape index (κ1) is 43.1. The van der Waals surface area contributed by atoms with Gasteiger partial charge in [-0.3, -0.25) is 29.2 Å². The minimum absolute atomic E-state index is 0.112. The standard InChI is InChI=1S/C43H62N4O10/c1-11-33-43(8)37(47(41(52)57-43)29-21-46(22-29)20-28-16-17-44-31-15-13-12-14-30(28)31)25(4)34(48)23(2)19-42(7,53)38(26(5)35(49)27(6)39(51)55-33)56-40-36(50)32(45(9)10)18-24(3)54-40/h12-17,23-27,29,32-33,36-38,40,50,53H,11,18-22H2,1-10H3/t23-,24-,25+,26+,27-,32+,33-,36-,37-,38-,40+,42-,43-/m1/s1. The number of pyridine rings is 1. The molecule has 4 fully saturated rings. The van der Waals surface area contributed by atoms with Crippen molar-refractivity contribution in [2.24, 2.45) is 23.7 Å². The molecule has 57 heavy (non-hydrogen) atoms. The molecule has 1 amide bonds. The number of carbonyl (C=O) groups excluding carboxylic acids is 4. The molecular weight excluding hydrogens is 732 g/mol. The molecule has 6 rings (SSSR count). The Balaban J connectivity index is 1.30. The second kappa shape index (κ2) is 16.6. The van der Waals surface area contributed by atoms with Gasteiger partial charge in [-0.25, -0.2) is 4.79 Å². The zero-order valence-corrected chi connectivity index (χ0v) is 35.1. The number of rotatable bonds is 7. The molecule has 0 aliphatic carbocycles. The molecule has 0 saturated carbocycles. The monoisotopic (exact) mass is 794 g/mol. The lowest BCUT2D eigenvalue weighted by molar-refractivity contribution is -0.293. The van der Waals surface area contributed by atoms with E-state index in [0.29, 0.717) is 26.1 Å². The Kier molecular flexibility index (Phi) is 12.6. The predicted octanol–water partition coefficient (Wildman–Crippen LogP) is 3.97. The molecule has 2 N–H and O–H groups in total. The summed E-state index contributed by atoms with van der Waals surface area (Å²) in [5.41, 5.74) is -1.22. The van der Waals surface area contributed by atoms with Gasteiger partial charge < -0.3 is 34.1 Å². The summed E-state index contributed by atoms with van der Waals surface area (Å²) in [6.45, 7) is 15.1. The Morgan fingerprint density at radius 1 is 0.982 bits per heavy atom. The van der Waals surface area contributed by atoms with Crippen LogP contribution in [0.25, 0.3) is 10.9 Å². The molecule has 0 spiro atoms. The van der Waals surface area contributed by atoms with E-state index in [4.69, 9.17) is 18.9 Å². The Bertz CT molecular complexity index is 1810. The maximum Gasteiger partial charge on any atom is 0.411 e. The van der Waals surface area contributed by atoms with Gasteiger partial charge in [-0.2, -0.15) is 0 Å². The van der Waals surface area contributed by atoms with Gasteiger partial charge in [0.2, 0.25) is 0 Å². The van der Waals surface area contributed by atoms with Gasteiger partial charge >= 0.3 is 12.1 Å². The van der Waals surface area contributed by atoms with Crippen molar-refractivity contribution >= 4 is 34.5 Å². The molecule has 4 aliphatic rings. The normalized spacial score (nSPS) is 39.1. The number of hydrogen-bond donors (Lipinski definition) is 2. The molecule has 0 bridgehead atoms. The summed E-state index contributed by atoms with van der Waals surface area (Å²) in [4.78, 5) is 67.0. The number of aliphatic hydroxyl groups excluding tert-OH is 1. The fourth-order valence-corrected chi connectivity index (χ4v) is 9.99. The van der Waals surface area contributed by atoms with Gasteiger partial charge in [0.15, 0.2) is 17.7 Å². The second-order valence-corrected chi connectivity index (χ2v) is 17.8. The second-order valence-electron chi connectivity index (χ2n) is 17.8. The van der Waals surface area contributed by atoms with Gasteiger partial charge in [-0.05, 0) is 78.7 Å². The highest BCUT2D eigenvalue weighted by Crippen LogP contribution is 2.44. The number of Topliss-reactive ketones (excluding diaryl/α,β-unsaturated/α-hetero) is 2. The number of aromatic nitrogens is 1. The number of ketones is 2. The zero-order chi connectivity index (χ0) is 41.7. The largest absolute Gasteiger partial charge is 0.458 e. The molecule has 314 valence electrons. The van der Waals surface area contributed by atoms with Gasteiger partial charge in [-0.1, -0.05) is 45.9 Å². The maximum absolute atomic E-state index is 14.7. The highest BCUT2D eigenvalue weighted by atomic mass is 16.7. The molecule has 1 aromatic heterocycles. The lowest BCUT2D eigenvalue weighted by atomic mass is 9.73. The number of amides is 1. The number of nitrogens with zero attached hydrogens (tertiary/aromatic N) is 4. The van der Waals surface area contributed by atoms with Crippen molar-refractivity contribution in [3.8, 4) is 0 Å². The van der Waals surface area contributed by atoms with Crippen LogP contribution in [0.2, 0.25) is 0 Å². The molecule has 4 aliphatic heterocycles. The van der Waals surface area contributed by atoms with E-state index in [0.717, 1.165) is 16.5 Å². The molecule has 2 aromatic rings. The number of cyclic esters (lactones) is 1. The molecule has 4 saturated heterocycles. The summed E-state index contributed by atoms with van der Waals surface area (Å²) in [5, 5.41) is 24.7. The van der Waals surface area contributed by atoms with E-state index < -0.39 is 83.4 Å². The number of aliphatic hydroxyl groups is 2. The van der Waals surface area contributed by atoms with Gasteiger partial charge in [0.05, 0.1) is 35.4 Å². The number of likely N-dealkylation sites (N-methyl/N-ethyl adjacent to an activating group) is 1. The van der Waals surface area contributed by atoms with E-state index in [-0.39, 0.29) is 36.8 Å². The number of esters is 1. The van der Waals surface area contributed by atoms with Gasteiger partial charge in [0, 0.05) is 55.0 Å². The van der Waals surface area contributed by atoms with Crippen molar-refractivity contribution < 1.29 is 48.3 Å². The Labute approximate surface area is 336 Å². The minimum Gasteiger partial charge on any atom is -0.458 e. The van der Waals surface area contributed by atoms with Gasteiger partial charge in [0.1, 0.15) is 23.9 Å². The van der Waals surface area contributed by atoms with E-state index >= 15 is 0 Å². The van der Waals surface area contributed by atoms with E-state index in [1.807, 2.05) is 63.2 Å². The van der Waals surface area contributed by atoms with Crippen LogP contribution < -0.4 is 0 Å². The van der Waals surface area contributed by atoms with E-state index in [1.165, 1.54) is 13.8 Å². The van der Waals surface area contributed by atoms with E-state index in [2.05, 4.69) is 9.88 Å². The summed E-state index contributed by atoms with van der Waals surface area (Å²) in [6.07, 6.45) is -2.98. The fourth-order valence-electron chi connectivity index (χ4n) is 9.99. The zero-order valence-electron chi connectivity index (χ0n) is 35.1. The van der Waals surface area contributed by atoms with Crippen molar-refractivity contribution in [3.63, 3.8) is 0 Å². The smallest absolute Gasteiger partial charge is 0.411 e. The lowest BCUT2D eigenvalue weighted by Crippen LogP contribution is -2.65. The van der Waals surface area contributed by atoms with Gasteiger partial charge in [-0.15, -0.1) is 0 Å². The predicted molar refractivity (Wildman–Crippen MR) is 211 cm³/mol. The average molecular weight is 795 g/mol. The molecule has 14 nitrogen and oxygen atoms in total. The quantitative estimate of drug-likeness (QED) is 0.306. The SMILES string of the molecule is CC[C@H]1OC(=O)[C@H](C)C(=O)[C@H](C)[C@@H](O[C@@H]2O[C@H](C)C[C@H](N(C)C)[C@H]2O)[C@](C)(O)C[C@@H](C)C(=O)[C@H](C)[C@H]2N(C3CN(Cc4ccnc5ccccc45)C3)C(=O)O[C@]12C. The van der Waals surface area contributed by atoms with E-state index in [9.17, 15) is 29.4 Å². The van der Waals surface area contributed by atoms with E-state index in [1.54, 1.807) is 38.8 Å². The molecule has 14 heteroatoms.